The number of carbonyl (C=O) groups excluding carboxylic acids is 2. The van der Waals surface area contributed by atoms with Crippen LogP contribution in [0.5, 0.6) is 11.5 Å². The van der Waals surface area contributed by atoms with Crippen LogP contribution in [0.25, 0.3) is 10.9 Å². The Morgan fingerprint density at radius 2 is 1.71 bits per heavy atom. The van der Waals surface area contributed by atoms with Gasteiger partial charge in [0.1, 0.15) is 12.4 Å². The number of anilines is 2. The number of fused-ring (bicyclic) bond motifs is 2. The lowest BCUT2D eigenvalue weighted by molar-refractivity contribution is -0.141. The second kappa shape index (κ2) is 8.81. The van der Waals surface area contributed by atoms with Crippen molar-refractivity contribution in [3.63, 3.8) is 0 Å². The van der Waals surface area contributed by atoms with E-state index in [0.717, 1.165) is 22.0 Å². The predicted octanol–water partition coefficient (Wildman–Crippen LogP) is 2.69. The summed E-state index contributed by atoms with van der Waals surface area (Å²) in [5.74, 6) is 2.02. The summed E-state index contributed by atoms with van der Waals surface area (Å²) in [7, 11) is 0. The number of hydrogen-bond acceptors (Lipinski definition) is 7. The first-order valence-corrected chi connectivity index (χ1v) is 11.4. The predicted molar refractivity (Wildman–Crippen MR) is 128 cm³/mol. The fourth-order valence-electron chi connectivity index (χ4n) is 4.25. The highest BCUT2D eigenvalue weighted by Crippen LogP contribution is 2.32. The molecule has 5 rings (SSSR count). The van der Waals surface area contributed by atoms with Gasteiger partial charge in [-0.1, -0.05) is 12.1 Å². The summed E-state index contributed by atoms with van der Waals surface area (Å²) >= 11 is 0. The lowest BCUT2D eigenvalue weighted by atomic mass is 10.1. The molecule has 3 aromatic rings. The Kier molecular flexibility index (Phi) is 5.69. The van der Waals surface area contributed by atoms with Crippen molar-refractivity contribution in [3.05, 3.63) is 47.5 Å². The third-order valence-electron chi connectivity index (χ3n) is 6.25. The SMILES string of the molecule is CC(=O)Nc1nc(N2CCN(C(=O)C3COc4ccccc4O3)CC2)nc2cc(C)c(C)cc12. The van der Waals surface area contributed by atoms with Gasteiger partial charge in [-0.05, 0) is 49.2 Å². The van der Waals surface area contributed by atoms with Crippen LogP contribution in [0.2, 0.25) is 0 Å². The van der Waals surface area contributed by atoms with E-state index in [-0.39, 0.29) is 18.4 Å². The van der Waals surface area contributed by atoms with Gasteiger partial charge < -0.3 is 24.6 Å². The van der Waals surface area contributed by atoms with E-state index in [4.69, 9.17) is 14.5 Å². The first kappa shape index (κ1) is 21.9. The lowest BCUT2D eigenvalue weighted by Crippen LogP contribution is -2.54. The molecule has 0 spiro atoms. The van der Waals surface area contributed by atoms with Crippen molar-refractivity contribution >= 4 is 34.5 Å². The molecule has 34 heavy (non-hydrogen) atoms. The molecule has 1 unspecified atom stereocenters. The first-order chi connectivity index (χ1) is 16.4. The number of nitrogens with one attached hydrogen (secondary N) is 1. The summed E-state index contributed by atoms with van der Waals surface area (Å²) in [5.41, 5.74) is 3.01. The molecule has 2 amide bonds. The van der Waals surface area contributed by atoms with Crippen LogP contribution in [0.15, 0.2) is 36.4 Å². The summed E-state index contributed by atoms with van der Waals surface area (Å²) in [6.45, 7) is 7.91. The molecule has 9 heteroatoms. The summed E-state index contributed by atoms with van der Waals surface area (Å²) in [6, 6.07) is 11.4. The van der Waals surface area contributed by atoms with E-state index in [1.165, 1.54) is 6.92 Å². The van der Waals surface area contributed by atoms with E-state index in [0.29, 0.717) is 49.4 Å². The highest BCUT2D eigenvalue weighted by atomic mass is 16.6. The molecule has 1 atom stereocenters. The van der Waals surface area contributed by atoms with Crippen molar-refractivity contribution < 1.29 is 19.1 Å². The van der Waals surface area contributed by atoms with Crippen molar-refractivity contribution in [2.45, 2.75) is 26.9 Å². The van der Waals surface area contributed by atoms with Gasteiger partial charge in [0.05, 0.1) is 5.52 Å². The third-order valence-corrected chi connectivity index (χ3v) is 6.25. The van der Waals surface area contributed by atoms with Crippen molar-refractivity contribution in [2.75, 3.05) is 43.0 Å². The highest BCUT2D eigenvalue weighted by molar-refractivity contribution is 5.99. The van der Waals surface area contributed by atoms with Crippen LogP contribution in [0.1, 0.15) is 18.1 Å². The van der Waals surface area contributed by atoms with Crippen LogP contribution in [0.3, 0.4) is 0 Å². The molecule has 0 bridgehead atoms. The number of amides is 2. The van der Waals surface area contributed by atoms with E-state index in [1.54, 1.807) is 11.0 Å². The van der Waals surface area contributed by atoms with Crippen LogP contribution < -0.4 is 19.7 Å². The molecule has 0 saturated carbocycles. The largest absolute Gasteiger partial charge is 0.485 e. The number of ether oxygens (including phenoxy) is 2. The fraction of sp³-hybridized carbons (Fsp3) is 0.360. The number of carbonyl (C=O) groups is 2. The summed E-state index contributed by atoms with van der Waals surface area (Å²) in [5, 5.41) is 3.65. The number of nitrogens with zero attached hydrogens (tertiary/aromatic N) is 4. The Balaban J connectivity index is 1.31. The van der Waals surface area contributed by atoms with Gasteiger partial charge in [-0.25, -0.2) is 4.98 Å². The van der Waals surface area contributed by atoms with E-state index < -0.39 is 6.10 Å². The van der Waals surface area contributed by atoms with Gasteiger partial charge >= 0.3 is 0 Å². The Labute approximate surface area is 197 Å². The van der Waals surface area contributed by atoms with Gasteiger partial charge in [0.25, 0.3) is 5.91 Å². The molecule has 0 radical (unpaired) electrons. The molecule has 1 saturated heterocycles. The van der Waals surface area contributed by atoms with Crippen molar-refractivity contribution in [1.29, 1.82) is 0 Å². The van der Waals surface area contributed by atoms with E-state index in [1.807, 2.05) is 49.1 Å². The number of benzene rings is 2. The smallest absolute Gasteiger partial charge is 0.267 e. The Hall–Kier alpha value is -3.88. The van der Waals surface area contributed by atoms with Gasteiger partial charge in [0, 0.05) is 38.5 Å². The number of aromatic nitrogens is 2. The van der Waals surface area contributed by atoms with Crippen molar-refractivity contribution in [1.82, 2.24) is 14.9 Å². The lowest BCUT2D eigenvalue weighted by Gasteiger charge is -2.37. The van der Waals surface area contributed by atoms with Gasteiger partial charge in [-0.2, -0.15) is 4.98 Å². The highest BCUT2D eigenvalue weighted by Gasteiger charge is 2.33. The molecule has 3 heterocycles. The van der Waals surface area contributed by atoms with Gasteiger partial charge in [0.15, 0.2) is 11.5 Å². The topological polar surface area (TPSA) is 96.9 Å². The maximum atomic E-state index is 13.0. The quantitative estimate of drug-likeness (QED) is 0.641. The van der Waals surface area contributed by atoms with Crippen LogP contribution in [-0.2, 0) is 9.59 Å². The second-order valence-corrected chi connectivity index (χ2v) is 8.68. The number of hydrogen-bond donors (Lipinski definition) is 1. The van der Waals surface area contributed by atoms with E-state index >= 15 is 0 Å². The molecule has 1 aromatic heterocycles. The normalized spacial score (nSPS) is 17.6. The second-order valence-electron chi connectivity index (χ2n) is 8.68. The Morgan fingerprint density at radius 1 is 1.00 bits per heavy atom. The van der Waals surface area contributed by atoms with E-state index in [9.17, 15) is 9.59 Å². The number of aryl methyl sites for hydroxylation is 2. The molecule has 9 nitrogen and oxygen atoms in total. The van der Waals surface area contributed by atoms with Gasteiger partial charge in [-0.3, -0.25) is 9.59 Å². The monoisotopic (exact) mass is 461 g/mol. The Morgan fingerprint density at radius 3 is 2.44 bits per heavy atom. The number of rotatable bonds is 3. The average Bonchev–Trinajstić information content (AvgIpc) is 2.84. The molecule has 1 fully saturated rings. The molecular formula is C25H27N5O4. The standard InChI is InChI=1S/C25H27N5O4/c1-15-12-18-19(13-16(15)2)27-25(28-23(18)26-17(3)31)30-10-8-29(9-11-30)24(32)22-14-33-20-6-4-5-7-21(20)34-22/h4-7,12-13,22H,8-11,14H2,1-3H3,(H,26,27,28,31). The molecule has 0 aliphatic carbocycles. The number of para-hydroxylation sites is 2. The van der Waals surface area contributed by atoms with Crippen LogP contribution in [0.4, 0.5) is 11.8 Å². The summed E-state index contributed by atoms with van der Waals surface area (Å²) in [6.07, 6.45) is -0.657. The third kappa shape index (κ3) is 4.21. The molecule has 2 aliphatic heterocycles. The zero-order valence-electron chi connectivity index (χ0n) is 19.5. The van der Waals surface area contributed by atoms with Crippen LogP contribution >= 0.6 is 0 Å². The fourth-order valence-corrected chi connectivity index (χ4v) is 4.25. The molecular weight excluding hydrogens is 434 g/mol. The van der Waals surface area contributed by atoms with Gasteiger partial charge in [0.2, 0.25) is 18.0 Å². The van der Waals surface area contributed by atoms with Gasteiger partial charge in [-0.15, -0.1) is 0 Å². The van der Waals surface area contributed by atoms with Crippen molar-refractivity contribution in [2.24, 2.45) is 0 Å². The average molecular weight is 462 g/mol. The zero-order chi connectivity index (χ0) is 23.8. The summed E-state index contributed by atoms with van der Waals surface area (Å²) < 4.78 is 11.6. The Bertz CT molecular complexity index is 1270. The minimum absolute atomic E-state index is 0.0846. The van der Waals surface area contributed by atoms with Crippen LogP contribution in [-0.4, -0.2) is 65.6 Å². The minimum atomic E-state index is -0.657. The molecule has 2 aliphatic rings. The molecule has 2 aromatic carbocycles. The van der Waals surface area contributed by atoms with E-state index in [2.05, 4.69) is 10.3 Å². The van der Waals surface area contributed by atoms with Crippen LogP contribution in [0, 0.1) is 13.8 Å². The molecule has 176 valence electrons. The molecule has 1 N–H and O–H groups in total. The number of piperazine rings is 1. The maximum absolute atomic E-state index is 13.0. The minimum Gasteiger partial charge on any atom is -0.485 e. The maximum Gasteiger partial charge on any atom is 0.267 e. The first-order valence-electron chi connectivity index (χ1n) is 11.4. The summed E-state index contributed by atoms with van der Waals surface area (Å²) in [4.78, 5) is 38.1. The van der Waals surface area contributed by atoms with Crippen molar-refractivity contribution in [3.8, 4) is 11.5 Å². The zero-order valence-corrected chi connectivity index (χ0v) is 19.5.